The molecule has 1 aromatic rings. The fourth-order valence-corrected chi connectivity index (χ4v) is 1.58. The summed E-state index contributed by atoms with van der Waals surface area (Å²) in [6.07, 6.45) is 0.0688. The molecule has 0 unspecified atom stereocenters. The van der Waals surface area contributed by atoms with E-state index < -0.39 is 5.97 Å². The number of carboxylic acids is 1. The molecule has 0 aliphatic rings. The van der Waals surface area contributed by atoms with Crippen molar-refractivity contribution in [3.05, 3.63) is 29.8 Å². The summed E-state index contributed by atoms with van der Waals surface area (Å²) in [5.74, 6) is -1.45. The molecule has 1 rings (SSSR count). The van der Waals surface area contributed by atoms with Gasteiger partial charge in [-0.2, -0.15) is 5.26 Å². The Morgan fingerprint density at radius 1 is 1.39 bits per heavy atom. The SMILES string of the molecule is C[C@@H](CC(=O)O)CC(=O)Nc1ccccc1C#N. The van der Waals surface area contributed by atoms with Crippen molar-refractivity contribution in [2.75, 3.05) is 5.32 Å². The fourth-order valence-electron chi connectivity index (χ4n) is 1.58. The van der Waals surface area contributed by atoms with Gasteiger partial charge in [0.05, 0.1) is 11.3 Å². The highest BCUT2D eigenvalue weighted by molar-refractivity contribution is 5.92. The van der Waals surface area contributed by atoms with Gasteiger partial charge in [-0.1, -0.05) is 19.1 Å². The zero-order valence-corrected chi connectivity index (χ0v) is 10.0. The molecule has 0 aliphatic heterocycles. The van der Waals surface area contributed by atoms with E-state index >= 15 is 0 Å². The van der Waals surface area contributed by atoms with Gasteiger partial charge in [0.2, 0.25) is 5.91 Å². The molecule has 5 heteroatoms. The average molecular weight is 246 g/mol. The van der Waals surface area contributed by atoms with E-state index in [4.69, 9.17) is 10.4 Å². The van der Waals surface area contributed by atoms with Gasteiger partial charge in [-0.3, -0.25) is 9.59 Å². The maximum absolute atomic E-state index is 11.7. The van der Waals surface area contributed by atoms with Crippen LogP contribution in [-0.2, 0) is 9.59 Å². The minimum atomic E-state index is -0.923. The summed E-state index contributed by atoms with van der Waals surface area (Å²) in [4.78, 5) is 22.1. The number of benzene rings is 1. The van der Waals surface area contributed by atoms with E-state index in [2.05, 4.69) is 5.32 Å². The van der Waals surface area contributed by atoms with Gasteiger partial charge in [0.1, 0.15) is 6.07 Å². The number of carboxylic acid groups (broad SMARTS) is 1. The minimum Gasteiger partial charge on any atom is -0.481 e. The third-order valence-corrected chi connectivity index (χ3v) is 2.38. The molecule has 2 N–H and O–H groups in total. The zero-order chi connectivity index (χ0) is 13.5. The Morgan fingerprint density at radius 3 is 2.67 bits per heavy atom. The summed E-state index contributed by atoms with van der Waals surface area (Å²) in [6.45, 7) is 1.70. The highest BCUT2D eigenvalue weighted by Gasteiger charge is 2.13. The lowest BCUT2D eigenvalue weighted by Gasteiger charge is -2.10. The Morgan fingerprint density at radius 2 is 2.06 bits per heavy atom. The molecule has 0 saturated carbocycles. The van der Waals surface area contributed by atoms with Crippen LogP contribution < -0.4 is 5.32 Å². The Bertz CT molecular complexity index is 491. The molecule has 0 fully saturated rings. The van der Waals surface area contributed by atoms with Gasteiger partial charge < -0.3 is 10.4 Å². The summed E-state index contributed by atoms with van der Waals surface area (Å²) in [6, 6.07) is 8.65. The number of hydrogen-bond acceptors (Lipinski definition) is 3. The maximum atomic E-state index is 11.7. The van der Waals surface area contributed by atoms with Crippen LogP contribution in [0, 0.1) is 17.2 Å². The molecule has 18 heavy (non-hydrogen) atoms. The van der Waals surface area contributed by atoms with E-state index in [-0.39, 0.29) is 24.7 Å². The molecule has 5 nitrogen and oxygen atoms in total. The van der Waals surface area contributed by atoms with E-state index in [0.29, 0.717) is 11.3 Å². The van der Waals surface area contributed by atoms with Gasteiger partial charge in [-0.15, -0.1) is 0 Å². The van der Waals surface area contributed by atoms with Crippen LogP contribution in [0.3, 0.4) is 0 Å². The Hall–Kier alpha value is -2.35. The molecule has 0 aliphatic carbocycles. The number of amides is 1. The average Bonchev–Trinajstić information content (AvgIpc) is 2.28. The van der Waals surface area contributed by atoms with Crippen LogP contribution >= 0.6 is 0 Å². The lowest BCUT2D eigenvalue weighted by molar-refractivity contribution is -0.138. The second-order valence-corrected chi connectivity index (χ2v) is 4.11. The molecule has 1 amide bonds. The van der Waals surface area contributed by atoms with Crippen molar-refractivity contribution in [2.45, 2.75) is 19.8 Å². The van der Waals surface area contributed by atoms with Crippen molar-refractivity contribution in [1.82, 2.24) is 0 Å². The highest BCUT2D eigenvalue weighted by Crippen LogP contribution is 2.15. The van der Waals surface area contributed by atoms with E-state index in [9.17, 15) is 9.59 Å². The minimum absolute atomic E-state index is 0.0483. The second kappa shape index (κ2) is 6.40. The normalized spacial score (nSPS) is 11.3. The Balaban J connectivity index is 2.60. The van der Waals surface area contributed by atoms with Gasteiger partial charge >= 0.3 is 5.97 Å². The van der Waals surface area contributed by atoms with Crippen LogP contribution in [-0.4, -0.2) is 17.0 Å². The van der Waals surface area contributed by atoms with E-state index in [1.807, 2.05) is 6.07 Å². The van der Waals surface area contributed by atoms with Gasteiger partial charge in [0.25, 0.3) is 0 Å². The Kier molecular flexibility index (Phi) is 4.88. The van der Waals surface area contributed by atoms with Crippen LogP contribution in [0.1, 0.15) is 25.3 Å². The number of carbonyl (C=O) groups is 2. The molecule has 94 valence electrons. The van der Waals surface area contributed by atoms with Gasteiger partial charge in [-0.25, -0.2) is 0 Å². The van der Waals surface area contributed by atoms with Crippen LogP contribution in [0.4, 0.5) is 5.69 Å². The zero-order valence-electron chi connectivity index (χ0n) is 10.0. The van der Waals surface area contributed by atoms with Gasteiger partial charge in [0, 0.05) is 12.8 Å². The molecule has 1 aromatic carbocycles. The van der Waals surface area contributed by atoms with Crippen molar-refractivity contribution in [3.63, 3.8) is 0 Å². The molecule has 0 bridgehead atoms. The number of carbonyl (C=O) groups excluding carboxylic acids is 1. The van der Waals surface area contributed by atoms with Crippen molar-refractivity contribution < 1.29 is 14.7 Å². The third kappa shape index (κ3) is 4.26. The third-order valence-electron chi connectivity index (χ3n) is 2.38. The first-order chi connectivity index (χ1) is 8.52. The molecule has 0 aromatic heterocycles. The lowest BCUT2D eigenvalue weighted by Crippen LogP contribution is -2.17. The molecule has 0 heterocycles. The van der Waals surface area contributed by atoms with Gasteiger partial charge in [-0.05, 0) is 18.1 Å². The Labute approximate surface area is 105 Å². The van der Waals surface area contributed by atoms with Crippen molar-refractivity contribution in [2.24, 2.45) is 5.92 Å². The summed E-state index contributed by atoms with van der Waals surface area (Å²) >= 11 is 0. The molecule has 0 saturated heterocycles. The molecule has 0 radical (unpaired) electrons. The molecular formula is C13H14N2O3. The van der Waals surface area contributed by atoms with Crippen LogP contribution in [0.5, 0.6) is 0 Å². The summed E-state index contributed by atoms with van der Waals surface area (Å²) in [7, 11) is 0. The standard InChI is InChI=1S/C13H14N2O3/c1-9(7-13(17)18)6-12(16)15-11-5-3-2-4-10(11)8-14/h2-5,9H,6-7H2,1H3,(H,15,16)(H,17,18)/t9-/m1/s1. The predicted octanol–water partition coefficient (Wildman–Crippen LogP) is 2.00. The lowest BCUT2D eigenvalue weighted by atomic mass is 10.0. The fraction of sp³-hybridized carbons (Fsp3) is 0.308. The molecule has 0 spiro atoms. The topological polar surface area (TPSA) is 90.2 Å². The number of nitriles is 1. The number of hydrogen-bond donors (Lipinski definition) is 2. The smallest absolute Gasteiger partial charge is 0.303 e. The number of nitrogens with zero attached hydrogens (tertiary/aromatic N) is 1. The first kappa shape index (κ1) is 13.7. The number of anilines is 1. The van der Waals surface area contributed by atoms with E-state index in [1.54, 1.807) is 31.2 Å². The highest BCUT2D eigenvalue weighted by atomic mass is 16.4. The van der Waals surface area contributed by atoms with Crippen LogP contribution in [0.15, 0.2) is 24.3 Å². The number of aliphatic carboxylic acids is 1. The first-order valence-corrected chi connectivity index (χ1v) is 5.53. The van der Waals surface area contributed by atoms with Crippen LogP contribution in [0.2, 0.25) is 0 Å². The van der Waals surface area contributed by atoms with Gasteiger partial charge in [0.15, 0.2) is 0 Å². The largest absolute Gasteiger partial charge is 0.481 e. The van der Waals surface area contributed by atoms with E-state index in [0.717, 1.165) is 0 Å². The summed E-state index contributed by atoms with van der Waals surface area (Å²) < 4.78 is 0. The predicted molar refractivity (Wildman–Crippen MR) is 65.8 cm³/mol. The number of para-hydroxylation sites is 1. The number of rotatable bonds is 5. The van der Waals surface area contributed by atoms with Crippen molar-refractivity contribution in [3.8, 4) is 6.07 Å². The number of nitrogens with one attached hydrogen (secondary N) is 1. The molecule has 1 atom stereocenters. The first-order valence-electron chi connectivity index (χ1n) is 5.53. The van der Waals surface area contributed by atoms with E-state index in [1.165, 1.54) is 0 Å². The summed E-state index contributed by atoms with van der Waals surface area (Å²) in [5, 5.41) is 20.1. The summed E-state index contributed by atoms with van der Waals surface area (Å²) in [5.41, 5.74) is 0.837. The molecular weight excluding hydrogens is 232 g/mol. The monoisotopic (exact) mass is 246 g/mol. The van der Waals surface area contributed by atoms with Crippen LogP contribution in [0.25, 0.3) is 0 Å². The maximum Gasteiger partial charge on any atom is 0.303 e. The quantitative estimate of drug-likeness (QED) is 0.831. The van der Waals surface area contributed by atoms with Crippen molar-refractivity contribution >= 4 is 17.6 Å². The van der Waals surface area contributed by atoms with Crippen molar-refractivity contribution in [1.29, 1.82) is 5.26 Å². The second-order valence-electron chi connectivity index (χ2n) is 4.11.